The van der Waals surface area contributed by atoms with Crippen LogP contribution >= 0.6 is 11.6 Å². The molecular formula is C13H22ClN3O2S. The quantitative estimate of drug-likeness (QED) is 0.589. The number of hydrogen-bond donors (Lipinski definition) is 1. The average molecular weight is 320 g/mol. The lowest BCUT2D eigenvalue weighted by molar-refractivity contribution is 0.268. The first kappa shape index (κ1) is 17.4. The van der Waals surface area contributed by atoms with E-state index >= 15 is 0 Å². The van der Waals surface area contributed by atoms with Crippen LogP contribution in [0.3, 0.4) is 0 Å². The lowest BCUT2D eigenvalue weighted by Gasteiger charge is -2.20. The molecule has 0 spiro atoms. The van der Waals surface area contributed by atoms with Crippen LogP contribution in [0.4, 0.5) is 0 Å². The minimum Gasteiger partial charge on any atom is -0.304 e. The molecule has 0 atom stereocenters. The molecule has 0 bridgehead atoms. The van der Waals surface area contributed by atoms with Crippen molar-refractivity contribution < 1.29 is 8.42 Å². The maximum Gasteiger partial charge on any atom is 0.242 e. The van der Waals surface area contributed by atoms with Crippen LogP contribution in [-0.4, -0.2) is 44.5 Å². The molecule has 0 saturated carbocycles. The Hall–Kier alpha value is -0.690. The molecule has 5 nitrogen and oxygen atoms in total. The minimum absolute atomic E-state index is 0.140. The number of hydrogen-bond acceptors (Lipinski definition) is 4. The Balaban J connectivity index is 2.36. The zero-order chi connectivity index (χ0) is 15.2. The summed E-state index contributed by atoms with van der Waals surface area (Å²) in [7, 11) is -1.42. The van der Waals surface area contributed by atoms with Gasteiger partial charge in [0.2, 0.25) is 10.0 Å². The summed E-state index contributed by atoms with van der Waals surface area (Å²) in [6.07, 6.45) is 3.02. The Morgan fingerprint density at radius 3 is 2.60 bits per heavy atom. The highest BCUT2D eigenvalue weighted by molar-refractivity contribution is 7.89. The average Bonchev–Trinajstić information content (AvgIpc) is 2.38. The molecule has 0 unspecified atom stereocenters. The fourth-order valence-corrected chi connectivity index (χ4v) is 2.69. The molecule has 0 amide bonds. The standard InChI is InChI=1S/C13H22ClN3O2S/c1-11(2)17(3)9-5-4-8-16-20(18,19)12-6-7-13(14)15-10-12/h6-7,10-11,16H,4-5,8-9H2,1-3H3. The van der Waals surface area contributed by atoms with E-state index in [-0.39, 0.29) is 10.0 Å². The van der Waals surface area contributed by atoms with Crippen LogP contribution in [0.5, 0.6) is 0 Å². The molecule has 7 heteroatoms. The smallest absolute Gasteiger partial charge is 0.242 e. The first-order valence-electron chi connectivity index (χ1n) is 6.64. The van der Waals surface area contributed by atoms with E-state index in [0.29, 0.717) is 12.6 Å². The van der Waals surface area contributed by atoms with E-state index in [4.69, 9.17) is 11.6 Å². The Morgan fingerprint density at radius 2 is 2.05 bits per heavy atom. The fraction of sp³-hybridized carbons (Fsp3) is 0.615. The van der Waals surface area contributed by atoms with E-state index in [2.05, 4.69) is 35.5 Å². The molecule has 1 aromatic rings. The second-order valence-electron chi connectivity index (χ2n) is 5.00. The largest absolute Gasteiger partial charge is 0.304 e. The molecular weight excluding hydrogens is 298 g/mol. The summed E-state index contributed by atoms with van der Waals surface area (Å²) >= 11 is 5.63. The van der Waals surface area contributed by atoms with Crippen molar-refractivity contribution in [2.45, 2.75) is 37.6 Å². The predicted octanol–water partition coefficient (Wildman–Crippen LogP) is 2.13. The van der Waals surface area contributed by atoms with Crippen molar-refractivity contribution in [2.24, 2.45) is 0 Å². The monoisotopic (exact) mass is 319 g/mol. The third-order valence-corrected chi connectivity index (χ3v) is 4.79. The summed E-state index contributed by atoms with van der Waals surface area (Å²) in [5.41, 5.74) is 0. The zero-order valence-electron chi connectivity index (χ0n) is 12.1. The van der Waals surface area contributed by atoms with Gasteiger partial charge >= 0.3 is 0 Å². The van der Waals surface area contributed by atoms with Crippen LogP contribution in [0.25, 0.3) is 0 Å². The van der Waals surface area contributed by atoms with Crippen molar-refractivity contribution in [3.05, 3.63) is 23.5 Å². The lowest BCUT2D eigenvalue weighted by Crippen LogP contribution is -2.29. The summed E-state index contributed by atoms with van der Waals surface area (Å²) in [6, 6.07) is 3.42. The topological polar surface area (TPSA) is 62.3 Å². The molecule has 0 saturated heterocycles. The van der Waals surface area contributed by atoms with Crippen LogP contribution in [0.2, 0.25) is 5.15 Å². The number of unbranched alkanes of at least 4 members (excludes halogenated alkanes) is 1. The van der Waals surface area contributed by atoms with E-state index in [1.54, 1.807) is 0 Å². The maximum absolute atomic E-state index is 11.9. The van der Waals surface area contributed by atoms with Crippen LogP contribution in [0.1, 0.15) is 26.7 Å². The third-order valence-electron chi connectivity index (χ3n) is 3.12. The molecule has 1 aromatic heterocycles. The molecule has 20 heavy (non-hydrogen) atoms. The van der Waals surface area contributed by atoms with Crippen molar-refractivity contribution in [3.63, 3.8) is 0 Å². The zero-order valence-corrected chi connectivity index (χ0v) is 13.7. The number of halogens is 1. The van der Waals surface area contributed by atoms with Crippen molar-refractivity contribution in [2.75, 3.05) is 20.1 Å². The second-order valence-corrected chi connectivity index (χ2v) is 7.15. The number of rotatable bonds is 8. The first-order chi connectivity index (χ1) is 9.33. The van der Waals surface area contributed by atoms with Gasteiger partial charge in [0, 0.05) is 18.8 Å². The van der Waals surface area contributed by atoms with Crippen molar-refractivity contribution in [1.82, 2.24) is 14.6 Å². The predicted molar refractivity (Wildman–Crippen MR) is 81.4 cm³/mol. The van der Waals surface area contributed by atoms with Crippen LogP contribution < -0.4 is 4.72 Å². The molecule has 0 aliphatic heterocycles. The van der Waals surface area contributed by atoms with E-state index in [0.717, 1.165) is 19.4 Å². The molecule has 0 radical (unpaired) electrons. The van der Waals surface area contributed by atoms with E-state index in [1.807, 2.05) is 0 Å². The van der Waals surface area contributed by atoms with E-state index in [1.165, 1.54) is 18.3 Å². The summed E-state index contributed by atoms with van der Waals surface area (Å²) in [4.78, 5) is 6.15. The Kier molecular flexibility index (Phi) is 6.88. The Morgan fingerprint density at radius 1 is 1.35 bits per heavy atom. The Labute approximate surface area is 126 Å². The minimum atomic E-state index is -3.48. The molecule has 1 heterocycles. The van der Waals surface area contributed by atoms with Gasteiger partial charge in [-0.05, 0) is 52.4 Å². The van der Waals surface area contributed by atoms with Gasteiger partial charge in [-0.25, -0.2) is 18.1 Å². The molecule has 114 valence electrons. The van der Waals surface area contributed by atoms with Crippen molar-refractivity contribution >= 4 is 21.6 Å². The summed E-state index contributed by atoms with van der Waals surface area (Å²) < 4.78 is 26.5. The molecule has 0 aliphatic carbocycles. The van der Waals surface area contributed by atoms with E-state index in [9.17, 15) is 8.42 Å². The third kappa shape index (κ3) is 5.75. The van der Waals surface area contributed by atoms with Gasteiger partial charge in [0.05, 0.1) is 0 Å². The highest BCUT2D eigenvalue weighted by Crippen LogP contribution is 2.10. The molecule has 1 rings (SSSR count). The molecule has 0 fully saturated rings. The summed E-state index contributed by atoms with van der Waals surface area (Å²) in [5.74, 6) is 0. The van der Waals surface area contributed by atoms with Gasteiger partial charge in [-0.15, -0.1) is 0 Å². The van der Waals surface area contributed by atoms with Gasteiger partial charge in [-0.1, -0.05) is 11.6 Å². The number of nitrogens with zero attached hydrogens (tertiary/aromatic N) is 2. The summed E-state index contributed by atoms with van der Waals surface area (Å²) in [5, 5.41) is 0.278. The Bertz CT molecular complexity index is 503. The van der Waals surface area contributed by atoms with Gasteiger partial charge < -0.3 is 4.90 Å². The van der Waals surface area contributed by atoms with Crippen LogP contribution in [0.15, 0.2) is 23.2 Å². The van der Waals surface area contributed by atoms with Crippen molar-refractivity contribution in [1.29, 1.82) is 0 Å². The van der Waals surface area contributed by atoms with Gasteiger partial charge in [0.25, 0.3) is 0 Å². The van der Waals surface area contributed by atoms with Crippen LogP contribution in [-0.2, 0) is 10.0 Å². The van der Waals surface area contributed by atoms with Gasteiger partial charge in [-0.3, -0.25) is 0 Å². The molecule has 1 N–H and O–H groups in total. The number of aromatic nitrogens is 1. The highest BCUT2D eigenvalue weighted by atomic mass is 35.5. The van der Waals surface area contributed by atoms with Gasteiger partial charge in [0.1, 0.15) is 10.0 Å². The number of pyridine rings is 1. The first-order valence-corrected chi connectivity index (χ1v) is 8.50. The summed E-state index contributed by atoms with van der Waals surface area (Å²) in [6.45, 7) is 5.66. The molecule has 0 aromatic carbocycles. The normalized spacial score (nSPS) is 12.3. The van der Waals surface area contributed by atoms with Gasteiger partial charge in [0.15, 0.2) is 0 Å². The SMILES string of the molecule is CC(C)N(C)CCCCNS(=O)(=O)c1ccc(Cl)nc1. The highest BCUT2D eigenvalue weighted by Gasteiger charge is 2.13. The van der Waals surface area contributed by atoms with Crippen LogP contribution in [0, 0.1) is 0 Å². The van der Waals surface area contributed by atoms with Gasteiger partial charge in [-0.2, -0.15) is 0 Å². The second kappa shape index (κ2) is 7.93. The number of nitrogens with one attached hydrogen (secondary N) is 1. The van der Waals surface area contributed by atoms with Crippen molar-refractivity contribution in [3.8, 4) is 0 Å². The van der Waals surface area contributed by atoms with E-state index < -0.39 is 10.0 Å². The molecule has 0 aliphatic rings. The fourth-order valence-electron chi connectivity index (χ4n) is 1.56. The lowest BCUT2D eigenvalue weighted by atomic mass is 10.2. The number of sulfonamides is 1. The maximum atomic E-state index is 11.9.